The first-order valence-electron chi connectivity index (χ1n) is 5.07. The Kier molecular flexibility index (Phi) is 1.75. The van der Waals surface area contributed by atoms with Gasteiger partial charge in [0, 0.05) is 13.1 Å². The lowest BCUT2D eigenvalue weighted by Gasteiger charge is -2.03. The van der Waals surface area contributed by atoms with Gasteiger partial charge in [0.15, 0.2) is 0 Å². The van der Waals surface area contributed by atoms with Crippen LogP contribution in [0, 0.1) is 0 Å². The van der Waals surface area contributed by atoms with Crippen molar-refractivity contribution in [2.24, 2.45) is 0 Å². The number of fused-ring (bicyclic) bond motifs is 1. The lowest BCUT2D eigenvalue weighted by molar-refractivity contribution is 0.412. The van der Waals surface area contributed by atoms with Gasteiger partial charge in [-0.3, -0.25) is 0 Å². The third kappa shape index (κ3) is 1.13. The molecule has 14 heavy (non-hydrogen) atoms. The van der Waals surface area contributed by atoms with Crippen LogP contribution >= 0.6 is 0 Å². The topological polar surface area (TPSA) is 15.2 Å². The second-order valence-electron chi connectivity index (χ2n) is 3.83. The third-order valence-corrected chi connectivity index (χ3v) is 3.03. The highest BCUT2D eigenvalue weighted by Crippen LogP contribution is 2.44. The van der Waals surface area contributed by atoms with Crippen LogP contribution in [-0.4, -0.2) is 30.2 Å². The molecular weight excluding hydrogens is 176 g/mol. The first-order chi connectivity index (χ1) is 6.90. The molecule has 0 radical (unpaired) electrons. The molecule has 0 aliphatic carbocycles. The summed E-state index contributed by atoms with van der Waals surface area (Å²) in [5.74, 6) is 0.935. The first-order valence-corrected chi connectivity index (χ1v) is 5.07. The van der Waals surface area contributed by atoms with E-state index in [2.05, 4.69) is 22.2 Å². The molecule has 0 saturated carbocycles. The van der Waals surface area contributed by atoms with E-state index in [0.717, 1.165) is 5.75 Å². The van der Waals surface area contributed by atoms with Gasteiger partial charge in [0.05, 0.1) is 7.11 Å². The zero-order chi connectivity index (χ0) is 9.54. The van der Waals surface area contributed by atoms with Crippen molar-refractivity contribution < 1.29 is 4.74 Å². The van der Waals surface area contributed by atoms with E-state index in [0.29, 0.717) is 6.17 Å². The molecule has 0 bridgehead atoms. The summed E-state index contributed by atoms with van der Waals surface area (Å²) in [5.41, 5.74) is 1.38. The monoisotopic (exact) mass is 190 g/mol. The maximum Gasteiger partial charge on any atom is 0.118 e. The number of methoxy groups -OCH3 is 1. The van der Waals surface area contributed by atoms with Crippen molar-refractivity contribution in [1.82, 2.24) is 10.0 Å². The van der Waals surface area contributed by atoms with Crippen molar-refractivity contribution in [3.63, 3.8) is 0 Å². The maximum atomic E-state index is 5.14. The number of hydrazine groups is 1. The number of benzene rings is 1. The Hall–Kier alpha value is -1.06. The normalized spacial score (nSPS) is 33.9. The van der Waals surface area contributed by atoms with Crippen LogP contribution in [-0.2, 0) is 0 Å². The SMILES string of the molecule is COc1ccc(C2N3CCCN23)cc1. The lowest BCUT2D eigenvalue weighted by Crippen LogP contribution is -1.99. The second-order valence-corrected chi connectivity index (χ2v) is 3.83. The van der Waals surface area contributed by atoms with Gasteiger partial charge in [-0.25, -0.2) is 10.0 Å². The van der Waals surface area contributed by atoms with Gasteiger partial charge in [0.25, 0.3) is 0 Å². The smallest absolute Gasteiger partial charge is 0.118 e. The predicted molar refractivity (Wildman–Crippen MR) is 53.8 cm³/mol. The Bertz CT molecular complexity index is 326. The molecule has 3 nitrogen and oxygen atoms in total. The van der Waals surface area contributed by atoms with Gasteiger partial charge < -0.3 is 4.74 Å². The van der Waals surface area contributed by atoms with Gasteiger partial charge in [-0.2, -0.15) is 0 Å². The second kappa shape index (κ2) is 2.97. The molecule has 2 unspecified atom stereocenters. The minimum Gasteiger partial charge on any atom is -0.497 e. The molecule has 2 heterocycles. The zero-order valence-electron chi connectivity index (χ0n) is 8.31. The van der Waals surface area contributed by atoms with Crippen LogP contribution in [0.15, 0.2) is 24.3 Å². The lowest BCUT2D eigenvalue weighted by atomic mass is 10.2. The van der Waals surface area contributed by atoms with Crippen molar-refractivity contribution in [2.75, 3.05) is 20.2 Å². The molecule has 2 saturated heterocycles. The van der Waals surface area contributed by atoms with E-state index in [4.69, 9.17) is 4.74 Å². The summed E-state index contributed by atoms with van der Waals surface area (Å²) in [5, 5.41) is 4.84. The van der Waals surface area contributed by atoms with Crippen LogP contribution in [0.5, 0.6) is 5.75 Å². The van der Waals surface area contributed by atoms with E-state index in [9.17, 15) is 0 Å². The average Bonchev–Trinajstić information content (AvgIpc) is 2.72. The van der Waals surface area contributed by atoms with E-state index in [1.807, 2.05) is 12.1 Å². The fourth-order valence-corrected chi connectivity index (χ4v) is 2.26. The van der Waals surface area contributed by atoms with Crippen LogP contribution in [0.25, 0.3) is 0 Å². The Morgan fingerprint density at radius 2 is 1.79 bits per heavy atom. The Morgan fingerprint density at radius 3 is 2.36 bits per heavy atom. The molecule has 0 amide bonds. The highest BCUT2D eigenvalue weighted by Gasteiger charge is 2.48. The molecule has 2 aliphatic heterocycles. The van der Waals surface area contributed by atoms with Crippen LogP contribution in [0.1, 0.15) is 18.2 Å². The predicted octanol–water partition coefficient (Wildman–Crippen LogP) is 1.63. The molecular formula is C11H14N2O. The van der Waals surface area contributed by atoms with Gasteiger partial charge in [0.1, 0.15) is 11.9 Å². The minimum atomic E-state index is 0.551. The van der Waals surface area contributed by atoms with Gasteiger partial charge in [0.2, 0.25) is 0 Å². The quantitative estimate of drug-likeness (QED) is 0.659. The molecule has 1 aromatic carbocycles. The van der Waals surface area contributed by atoms with Gasteiger partial charge in [-0.05, 0) is 24.1 Å². The Balaban J connectivity index is 1.78. The molecule has 1 aromatic rings. The number of nitrogens with zero attached hydrogens (tertiary/aromatic N) is 2. The minimum absolute atomic E-state index is 0.551. The van der Waals surface area contributed by atoms with Crippen LogP contribution in [0.2, 0.25) is 0 Å². The largest absolute Gasteiger partial charge is 0.497 e. The van der Waals surface area contributed by atoms with Crippen molar-refractivity contribution in [3.8, 4) is 5.75 Å². The molecule has 3 heteroatoms. The van der Waals surface area contributed by atoms with Crippen molar-refractivity contribution in [3.05, 3.63) is 29.8 Å². The highest BCUT2D eigenvalue weighted by atomic mass is 16.5. The highest BCUT2D eigenvalue weighted by molar-refractivity contribution is 5.30. The molecule has 2 aliphatic rings. The van der Waals surface area contributed by atoms with Crippen LogP contribution in [0.3, 0.4) is 0 Å². The van der Waals surface area contributed by atoms with E-state index >= 15 is 0 Å². The number of hydrogen-bond acceptors (Lipinski definition) is 3. The van der Waals surface area contributed by atoms with E-state index < -0.39 is 0 Å². The van der Waals surface area contributed by atoms with Gasteiger partial charge >= 0.3 is 0 Å². The van der Waals surface area contributed by atoms with Crippen molar-refractivity contribution in [1.29, 1.82) is 0 Å². The molecule has 2 atom stereocenters. The first kappa shape index (κ1) is 8.26. The summed E-state index contributed by atoms with van der Waals surface area (Å²) in [6, 6.07) is 8.38. The van der Waals surface area contributed by atoms with Gasteiger partial charge in [-0.1, -0.05) is 12.1 Å². The number of hydrogen-bond donors (Lipinski definition) is 0. The molecule has 0 spiro atoms. The molecule has 0 N–H and O–H groups in total. The summed E-state index contributed by atoms with van der Waals surface area (Å²) in [6.07, 6.45) is 1.86. The maximum absolute atomic E-state index is 5.14. The summed E-state index contributed by atoms with van der Waals surface area (Å²) < 4.78 is 5.14. The Morgan fingerprint density at radius 1 is 1.14 bits per heavy atom. The fraction of sp³-hybridized carbons (Fsp3) is 0.455. The number of ether oxygens (including phenoxy) is 1. The molecule has 3 rings (SSSR count). The van der Waals surface area contributed by atoms with E-state index in [1.165, 1.54) is 25.1 Å². The van der Waals surface area contributed by atoms with Gasteiger partial charge in [-0.15, -0.1) is 0 Å². The average molecular weight is 190 g/mol. The number of rotatable bonds is 2. The third-order valence-electron chi connectivity index (χ3n) is 3.03. The van der Waals surface area contributed by atoms with Crippen molar-refractivity contribution in [2.45, 2.75) is 12.6 Å². The van der Waals surface area contributed by atoms with Crippen LogP contribution < -0.4 is 4.74 Å². The summed E-state index contributed by atoms with van der Waals surface area (Å²) in [4.78, 5) is 0. The molecule has 2 fully saturated rings. The summed E-state index contributed by atoms with van der Waals surface area (Å²) in [7, 11) is 1.70. The van der Waals surface area contributed by atoms with Crippen LogP contribution in [0.4, 0.5) is 0 Å². The standard InChI is InChI=1S/C11H14N2O/c1-14-10-5-3-9(4-6-10)11-12-7-2-8-13(11)12/h3-6,11H,2,7-8H2,1H3. The zero-order valence-corrected chi connectivity index (χ0v) is 8.31. The summed E-state index contributed by atoms with van der Waals surface area (Å²) in [6.45, 7) is 2.44. The molecule has 74 valence electrons. The van der Waals surface area contributed by atoms with E-state index in [-0.39, 0.29) is 0 Å². The van der Waals surface area contributed by atoms with Crippen molar-refractivity contribution >= 4 is 0 Å². The molecule has 0 aromatic heterocycles. The fourth-order valence-electron chi connectivity index (χ4n) is 2.26. The van der Waals surface area contributed by atoms with E-state index in [1.54, 1.807) is 7.11 Å². The Labute approximate surface area is 83.8 Å². The summed E-state index contributed by atoms with van der Waals surface area (Å²) >= 11 is 0.